The van der Waals surface area contributed by atoms with Gasteiger partial charge in [0.15, 0.2) is 0 Å². The van der Waals surface area contributed by atoms with Crippen molar-refractivity contribution in [3.05, 3.63) is 59.7 Å². The minimum atomic E-state index is -0.949. The first-order chi connectivity index (χ1) is 16.9. The summed E-state index contributed by atoms with van der Waals surface area (Å²) >= 11 is 0. The molecule has 0 radical (unpaired) electrons. The van der Waals surface area contributed by atoms with E-state index < -0.39 is 17.6 Å². The van der Waals surface area contributed by atoms with Gasteiger partial charge in [-0.15, -0.1) is 0 Å². The van der Waals surface area contributed by atoms with Crippen LogP contribution in [0.15, 0.2) is 48.5 Å². The Labute approximate surface area is 205 Å². The summed E-state index contributed by atoms with van der Waals surface area (Å²) in [6.45, 7) is 0.602. The largest absolute Gasteiger partial charge is 0.481 e. The van der Waals surface area contributed by atoms with Crippen molar-refractivity contribution < 1.29 is 24.2 Å². The van der Waals surface area contributed by atoms with Crippen molar-refractivity contribution in [1.29, 1.82) is 0 Å². The number of carbonyl (C=O) groups excluding carboxylic acids is 2. The molecular formula is C28H32N2O5. The summed E-state index contributed by atoms with van der Waals surface area (Å²) in [6, 6.07) is 16.4. The number of hydrogen-bond donors (Lipinski definition) is 3. The summed E-state index contributed by atoms with van der Waals surface area (Å²) in [5.41, 5.74) is 3.84. The zero-order valence-electron chi connectivity index (χ0n) is 19.8. The average Bonchev–Trinajstić information content (AvgIpc) is 3.12. The Hall–Kier alpha value is -3.35. The summed E-state index contributed by atoms with van der Waals surface area (Å²) in [5.74, 6) is -1.07. The van der Waals surface area contributed by atoms with Crippen molar-refractivity contribution >= 4 is 18.0 Å². The Balaban J connectivity index is 1.21. The summed E-state index contributed by atoms with van der Waals surface area (Å²) in [4.78, 5) is 36.7. The van der Waals surface area contributed by atoms with Crippen LogP contribution in [0.5, 0.6) is 0 Å². The van der Waals surface area contributed by atoms with Crippen molar-refractivity contribution in [3.8, 4) is 11.1 Å². The van der Waals surface area contributed by atoms with Gasteiger partial charge in [0.05, 0.1) is 0 Å². The Morgan fingerprint density at radius 2 is 1.57 bits per heavy atom. The maximum Gasteiger partial charge on any atom is 0.408 e. The molecule has 3 N–H and O–H groups in total. The lowest BCUT2D eigenvalue weighted by atomic mass is 9.48. The maximum absolute atomic E-state index is 13.1. The highest BCUT2D eigenvalue weighted by atomic mass is 16.5. The molecule has 7 nitrogen and oxygen atoms in total. The second-order valence-electron chi connectivity index (χ2n) is 10.3. The topological polar surface area (TPSA) is 105 Å². The Bertz CT molecular complexity index is 1090. The number of carboxylic acid groups (broad SMARTS) is 1. The minimum absolute atomic E-state index is 0.0356. The first-order valence-corrected chi connectivity index (χ1v) is 12.5. The van der Waals surface area contributed by atoms with Crippen LogP contribution in [0, 0.1) is 5.41 Å². The number of ether oxygens (including phenoxy) is 1. The lowest BCUT2D eigenvalue weighted by Crippen LogP contribution is -2.70. The molecule has 2 aromatic rings. The van der Waals surface area contributed by atoms with Gasteiger partial charge in [-0.2, -0.15) is 0 Å². The molecule has 0 aromatic heterocycles. The van der Waals surface area contributed by atoms with Crippen LogP contribution in [0.4, 0.5) is 4.79 Å². The third-order valence-electron chi connectivity index (χ3n) is 7.99. The van der Waals surface area contributed by atoms with E-state index in [1.54, 1.807) is 0 Å². The molecule has 35 heavy (non-hydrogen) atoms. The van der Waals surface area contributed by atoms with Gasteiger partial charge in [0.1, 0.15) is 12.1 Å². The first kappa shape index (κ1) is 23.4. The zero-order chi connectivity index (χ0) is 24.5. The van der Waals surface area contributed by atoms with Gasteiger partial charge < -0.3 is 20.5 Å². The molecule has 2 fully saturated rings. The van der Waals surface area contributed by atoms with E-state index in [4.69, 9.17) is 9.84 Å². The molecule has 0 saturated heterocycles. The molecule has 0 unspecified atom stereocenters. The van der Waals surface area contributed by atoms with Crippen molar-refractivity contribution in [2.24, 2.45) is 5.41 Å². The van der Waals surface area contributed by atoms with E-state index in [9.17, 15) is 14.4 Å². The van der Waals surface area contributed by atoms with Gasteiger partial charge >= 0.3 is 12.1 Å². The lowest BCUT2D eigenvalue weighted by Gasteiger charge is -2.59. The summed E-state index contributed by atoms with van der Waals surface area (Å²) in [7, 11) is 0. The molecule has 3 aliphatic carbocycles. The molecular weight excluding hydrogens is 444 g/mol. The maximum atomic E-state index is 13.1. The van der Waals surface area contributed by atoms with Crippen molar-refractivity contribution in [3.63, 3.8) is 0 Å². The number of hydrogen-bond acceptors (Lipinski definition) is 4. The molecule has 2 amide bonds. The highest BCUT2D eigenvalue weighted by Gasteiger charge is 2.61. The third kappa shape index (κ3) is 4.51. The van der Waals surface area contributed by atoms with Crippen LogP contribution in [-0.2, 0) is 14.3 Å². The van der Waals surface area contributed by atoms with Gasteiger partial charge in [-0.05, 0) is 66.2 Å². The van der Waals surface area contributed by atoms with Crippen LogP contribution in [0.25, 0.3) is 11.1 Å². The molecule has 3 aliphatic rings. The van der Waals surface area contributed by atoms with Gasteiger partial charge in [0.25, 0.3) is 0 Å². The second kappa shape index (κ2) is 9.36. The highest BCUT2D eigenvalue weighted by molar-refractivity contribution is 5.91. The molecule has 0 atom stereocenters. The van der Waals surface area contributed by atoms with E-state index in [2.05, 4.69) is 34.9 Å². The molecule has 0 heterocycles. The number of carboxylic acids is 1. The summed E-state index contributed by atoms with van der Waals surface area (Å²) in [5, 5.41) is 14.6. The van der Waals surface area contributed by atoms with E-state index in [0.717, 1.165) is 30.4 Å². The van der Waals surface area contributed by atoms with Gasteiger partial charge in [-0.3, -0.25) is 9.59 Å². The Kier molecular flexibility index (Phi) is 6.26. The van der Waals surface area contributed by atoms with E-state index in [-0.39, 0.29) is 30.3 Å². The van der Waals surface area contributed by atoms with Crippen LogP contribution >= 0.6 is 0 Å². The average molecular weight is 477 g/mol. The van der Waals surface area contributed by atoms with Crippen molar-refractivity contribution in [2.75, 3.05) is 13.2 Å². The van der Waals surface area contributed by atoms with Crippen LogP contribution in [0.2, 0.25) is 0 Å². The van der Waals surface area contributed by atoms with Gasteiger partial charge in [0, 0.05) is 18.9 Å². The standard InChI is InChI=1S/C28H32N2O5/c31-24(32)12-5-6-15-29-25(33)28(17-27(18-28)13-7-14-27)30-26(34)35-16-23-21-10-3-1-8-19(21)20-9-2-4-11-22(20)23/h1-4,8-11,23H,5-7,12-18H2,(H,29,33)(H,30,34)(H,31,32). The quantitative estimate of drug-likeness (QED) is 0.459. The third-order valence-corrected chi connectivity index (χ3v) is 7.99. The molecule has 0 bridgehead atoms. The van der Waals surface area contributed by atoms with Crippen molar-refractivity contribution in [1.82, 2.24) is 10.6 Å². The number of carbonyl (C=O) groups is 3. The number of aliphatic carboxylic acids is 1. The van der Waals surface area contributed by atoms with Crippen LogP contribution in [0.1, 0.15) is 68.4 Å². The number of nitrogens with one attached hydrogen (secondary N) is 2. The molecule has 184 valence electrons. The van der Waals surface area contributed by atoms with E-state index >= 15 is 0 Å². The van der Waals surface area contributed by atoms with Crippen molar-refractivity contribution in [2.45, 2.75) is 62.8 Å². The Morgan fingerprint density at radius 3 is 2.14 bits per heavy atom. The van der Waals surface area contributed by atoms with Gasteiger partial charge in [0.2, 0.25) is 5.91 Å². The number of unbranched alkanes of at least 4 members (excludes halogenated alkanes) is 1. The number of benzene rings is 2. The fourth-order valence-electron chi connectivity index (χ4n) is 6.17. The van der Waals surface area contributed by atoms with E-state index in [1.165, 1.54) is 11.1 Å². The monoisotopic (exact) mass is 476 g/mol. The lowest BCUT2D eigenvalue weighted by molar-refractivity contribution is -0.144. The predicted molar refractivity (Wildman–Crippen MR) is 131 cm³/mol. The van der Waals surface area contributed by atoms with Gasteiger partial charge in [-0.1, -0.05) is 55.0 Å². The normalized spacial score (nSPS) is 18.5. The van der Waals surface area contributed by atoms with E-state index in [0.29, 0.717) is 32.2 Å². The van der Waals surface area contributed by atoms with Crippen LogP contribution in [0.3, 0.4) is 0 Å². The molecule has 7 heteroatoms. The SMILES string of the molecule is O=C(O)CCCCNC(=O)C1(NC(=O)OCC2c3ccccc3-c3ccccc32)CC2(CCC2)C1. The molecule has 2 aromatic carbocycles. The van der Waals surface area contributed by atoms with Crippen LogP contribution in [-0.4, -0.2) is 41.8 Å². The first-order valence-electron chi connectivity index (χ1n) is 12.5. The fourth-order valence-corrected chi connectivity index (χ4v) is 6.17. The summed E-state index contributed by atoms with van der Waals surface area (Å²) < 4.78 is 5.72. The number of fused-ring (bicyclic) bond motifs is 3. The fraction of sp³-hybridized carbons (Fsp3) is 0.464. The van der Waals surface area contributed by atoms with Crippen LogP contribution < -0.4 is 10.6 Å². The summed E-state index contributed by atoms with van der Waals surface area (Å²) in [6.07, 6.45) is 5.22. The molecule has 1 spiro atoms. The number of rotatable bonds is 9. The number of amides is 2. The molecule has 0 aliphatic heterocycles. The Morgan fingerprint density at radius 1 is 0.943 bits per heavy atom. The second-order valence-corrected chi connectivity index (χ2v) is 10.3. The molecule has 2 saturated carbocycles. The highest BCUT2D eigenvalue weighted by Crippen LogP contribution is 2.60. The zero-order valence-corrected chi connectivity index (χ0v) is 19.8. The smallest absolute Gasteiger partial charge is 0.408 e. The molecule has 5 rings (SSSR count). The predicted octanol–water partition coefficient (Wildman–Crippen LogP) is 4.60. The number of alkyl carbamates (subject to hydrolysis) is 1. The van der Waals surface area contributed by atoms with E-state index in [1.807, 2.05) is 24.3 Å². The van der Waals surface area contributed by atoms with Gasteiger partial charge in [-0.25, -0.2) is 4.79 Å². The minimum Gasteiger partial charge on any atom is -0.481 e.